The van der Waals surface area contributed by atoms with Crippen molar-refractivity contribution in [3.8, 4) is 0 Å². The minimum absolute atomic E-state index is 0.0620. The van der Waals surface area contributed by atoms with Gasteiger partial charge < -0.3 is 10.2 Å². The molecule has 0 atom stereocenters. The van der Waals surface area contributed by atoms with E-state index in [0.29, 0.717) is 30.6 Å². The van der Waals surface area contributed by atoms with Crippen LogP contribution in [-0.4, -0.2) is 27.3 Å². The third kappa shape index (κ3) is 2.91. The van der Waals surface area contributed by atoms with Crippen LogP contribution in [0.15, 0.2) is 18.3 Å². The summed E-state index contributed by atoms with van der Waals surface area (Å²) in [6, 6.07) is 1.90. The molecule has 1 N–H and O–H groups in total. The van der Waals surface area contributed by atoms with E-state index in [-0.39, 0.29) is 18.1 Å². The number of benzene rings is 1. The summed E-state index contributed by atoms with van der Waals surface area (Å²) >= 11 is 0. The molecule has 23 heavy (non-hydrogen) atoms. The highest BCUT2D eigenvalue weighted by molar-refractivity contribution is 5.90. The zero-order valence-corrected chi connectivity index (χ0v) is 13.1. The molecule has 0 fully saturated rings. The Labute approximate surface area is 132 Å². The summed E-state index contributed by atoms with van der Waals surface area (Å²) in [5, 5.41) is 7.07. The molecule has 0 saturated carbocycles. The fourth-order valence-electron chi connectivity index (χ4n) is 2.86. The average molecular weight is 320 g/mol. The zero-order chi connectivity index (χ0) is 16.6. The molecule has 1 aliphatic rings. The van der Waals surface area contributed by atoms with E-state index in [1.807, 2.05) is 6.92 Å². The Kier molecular flexibility index (Phi) is 4.02. The second-order valence-electron chi connectivity index (χ2n) is 5.60. The van der Waals surface area contributed by atoms with Gasteiger partial charge in [0.05, 0.1) is 17.9 Å². The maximum atomic E-state index is 13.9. The van der Waals surface area contributed by atoms with E-state index in [4.69, 9.17) is 0 Å². The van der Waals surface area contributed by atoms with Gasteiger partial charge in [0.25, 0.3) is 0 Å². The summed E-state index contributed by atoms with van der Waals surface area (Å²) in [6.45, 7) is 2.36. The van der Waals surface area contributed by atoms with Gasteiger partial charge in [-0.3, -0.25) is 4.68 Å². The second-order valence-corrected chi connectivity index (χ2v) is 5.60. The summed E-state index contributed by atoms with van der Waals surface area (Å²) in [6.07, 6.45) is 2.73. The number of aryl methyl sites for hydroxylation is 2. The normalized spacial score (nSPS) is 13.8. The van der Waals surface area contributed by atoms with Crippen molar-refractivity contribution in [2.75, 3.05) is 11.9 Å². The van der Waals surface area contributed by atoms with Crippen molar-refractivity contribution in [1.29, 1.82) is 0 Å². The Morgan fingerprint density at radius 2 is 2.00 bits per heavy atom. The number of carbonyl (C=O) groups is 1. The molecule has 1 aliphatic heterocycles. The molecule has 5 nitrogen and oxygen atoms in total. The largest absolute Gasteiger partial charge is 0.322 e. The van der Waals surface area contributed by atoms with Crippen LogP contribution in [0.25, 0.3) is 0 Å². The molecule has 1 aromatic carbocycles. The van der Waals surface area contributed by atoms with Crippen LogP contribution >= 0.6 is 0 Å². The monoisotopic (exact) mass is 320 g/mol. The lowest BCUT2D eigenvalue weighted by Gasteiger charge is -2.29. The van der Waals surface area contributed by atoms with Crippen LogP contribution in [0.4, 0.5) is 19.3 Å². The SMILES string of the molecule is CCc1nn(C)cc1NC(=O)N1CCc2c(F)ccc(F)c2C1. The van der Waals surface area contributed by atoms with Crippen LogP contribution in [0.5, 0.6) is 0 Å². The van der Waals surface area contributed by atoms with E-state index in [1.165, 1.54) is 4.90 Å². The first kappa shape index (κ1) is 15.5. The molecule has 3 rings (SSSR count). The lowest BCUT2D eigenvalue weighted by Crippen LogP contribution is -2.39. The van der Waals surface area contributed by atoms with Gasteiger partial charge in [-0.15, -0.1) is 0 Å². The third-order valence-electron chi connectivity index (χ3n) is 4.07. The number of urea groups is 1. The topological polar surface area (TPSA) is 50.2 Å². The van der Waals surface area contributed by atoms with E-state index in [0.717, 1.165) is 17.8 Å². The van der Waals surface area contributed by atoms with Gasteiger partial charge >= 0.3 is 6.03 Å². The number of amides is 2. The molecule has 0 saturated heterocycles. The molecule has 1 aromatic heterocycles. The van der Waals surface area contributed by atoms with Crippen LogP contribution in [0.2, 0.25) is 0 Å². The summed E-state index contributed by atoms with van der Waals surface area (Å²) in [5.41, 5.74) is 2.05. The average Bonchev–Trinajstić information content (AvgIpc) is 2.90. The standard InChI is InChI=1S/C16H18F2N4O/c1-3-14-15(9-21(2)20-14)19-16(23)22-7-6-10-11(8-22)13(18)5-4-12(10)17/h4-5,9H,3,6-8H2,1-2H3,(H,19,23). The predicted octanol–water partition coefficient (Wildman–Crippen LogP) is 2.85. The van der Waals surface area contributed by atoms with Gasteiger partial charge in [-0.25, -0.2) is 13.6 Å². The molecule has 2 aromatic rings. The van der Waals surface area contributed by atoms with Gasteiger partial charge in [-0.1, -0.05) is 6.92 Å². The van der Waals surface area contributed by atoms with E-state index < -0.39 is 11.6 Å². The van der Waals surface area contributed by atoms with Crippen LogP contribution in [0.1, 0.15) is 23.7 Å². The Morgan fingerprint density at radius 3 is 2.70 bits per heavy atom. The quantitative estimate of drug-likeness (QED) is 0.925. The maximum Gasteiger partial charge on any atom is 0.322 e. The van der Waals surface area contributed by atoms with Crippen molar-refractivity contribution < 1.29 is 13.6 Å². The van der Waals surface area contributed by atoms with Gasteiger partial charge in [0.15, 0.2) is 0 Å². The van der Waals surface area contributed by atoms with Crippen LogP contribution in [0.3, 0.4) is 0 Å². The lowest BCUT2D eigenvalue weighted by atomic mass is 9.99. The van der Waals surface area contributed by atoms with Crippen molar-refractivity contribution in [2.45, 2.75) is 26.3 Å². The van der Waals surface area contributed by atoms with Crippen molar-refractivity contribution in [3.63, 3.8) is 0 Å². The van der Waals surface area contributed by atoms with Gasteiger partial charge in [-0.2, -0.15) is 5.10 Å². The number of rotatable bonds is 2. The molecule has 0 radical (unpaired) electrons. The van der Waals surface area contributed by atoms with Crippen molar-refractivity contribution in [1.82, 2.24) is 14.7 Å². The number of anilines is 1. The van der Waals surface area contributed by atoms with E-state index >= 15 is 0 Å². The van der Waals surface area contributed by atoms with Gasteiger partial charge in [0.2, 0.25) is 0 Å². The number of halogens is 2. The Balaban J connectivity index is 1.78. The molecule has 7 heteroatoms. The number of hydrogen-bond acceptors (Lipinski definition) is 2. The minimum Gasteiger partial charge on any atom is -0.320 e. The van der Waals surface area contributed by atoms with Crippen molar-refractivity contribution in [3.05, 3.63) is 46.8 Å². The van der Waals surface area contributed by atoms with E-state index in [1.54, 1.807) is 17.9 Å². The van der Waals surface area contributed by atoms with Gasteiger partial charge in [-0.05, 0) is 30.5 Å². The minimum atomic E-state index is -0.477. The first-order valence-corrected chi connectivity index (χ1v) is 7.53. The highest BCUT2D eigenvalue weighted by Crippen LogP contribution is 2.25. The molecule has 122 valence electrons. The number of carbonyl (C=O) groups excluding carboxylic acids is 1. The fraction of sp³-hybridized carbons (Fsp3) is 0.375. The van der Waals surface area contributed by atoms with E-state index in [9.17, 15) is 13.6 Å². The van der Waals surface area contributed by atoms with Gasteiger partial charge in [0, 0.05) is 25.4 Å². The maximum absolute atomic E-state index is 13.9. The van der Waals surface area contributed by atoms with Crippen molar-refractivity contribution >= 4 is 11.7 Å². The van der Waals surface area contributed by atoms with Crippen LogP contribution < -0.4 is 5.32 Å². The Morgan fingerprint density at radius 1 is 1.30 bits per heavy atom. The summed E-state index contributed by atoms with van der Waals surface area (Å²) in [5.74, 6) is -0.892. The second kappa shape index (κ2) is 5.98. The molecular weight excluding hydrogens is 302 g/mol. The molecule has 0 unspecified atom stereocenters. The number of fused-ring (bicyclic) bond motifs is 1. The summed E-state index contributed by atoms with van der Waals surface area (Å²) < 4.78 is 29.3. The molecule has 0 bridgehead atoms. The van der Waals surface area contributed by atoms with Crippen LogP contribution in [0, 0.1) is 11.6 Å². The number of aromatic nitrogens is 2. The fourth-order valence-corrected chi connectivity index (χ4v) is 2.86. The molecule has 2 amide bonds. The lowest BCUT2D eigenvalue weighted by molar-refractivity contribution is 0.204. The highest BCUT2D eigenvalue weighted by Gasteiger charge is 2.26. The van der Waals surface area contributed by atoms with E-state index in [2.05, 4.69) is 10.4 Å². The smallest absolute Gasteiger partial charge is 0.320 e. The Hall–Kier alpha value is -2.44. The zero-order valence-electron chi connectivity index (χ0n) is 13.1. The molecule has 0 aliphatic carbocycles. The first-order valence-electron chi connectivity index (χ1n) is 7.53. The first-order chi connectivity index (χ1) is 11.0. The number of nitrogens with one attached hydrogen (secondary N) is 1. The summed E-state index contributed by atoms with van der Waals surface area (Å²) in [4.78, 5) is 13.9. The molecular formula is C16H18F2N4O. The van der Waals surface area contributed by atoms with Crippen LogP contribution in [-0.2, 0) is 26.4 Å². The third-order valence-corrected chi connectivity index (χ3v) is 4.07. The van der Waals surface area contributed by atoms with Crippen molar-refractivity contribution in [2.24, 2.45) is 7.05 Å². The molecule has 2 heterocycles. The predicted molar refractivity (Wildman–Crippen MR) is 82.1 cm³/mol. The highest BCUT2D eigenvalue weighted by atomic mass is 19.1. The Bertz CT molecular complexity index is 757. The summed E-state index contributed by atoms with van der Waals surface area (Å²) in [7, 11) is 1.78. The number of hydrogen-bond donors (Lipinski definition) is 1. The van der Waals surface area contributed by atoms with Gasteiger partial charge in [0.1, 0.15) is 11.6 Å². The number of nitrogens with zero attached hydrogens (tertiary/aromatic N) is 3. The molecule has 0 spiro atoms.